The summed E-state index contributed by atoms with van der Waals surface area (Å²) in [5.74, 6) is 7.17. The molecule has 19 heavy (non-hydrogen) atoms. The molecule has 0 radical (unpaired) electrons. The monoisotopic (exact) mass is 280 g/mol. The highest BCUT2D eigenvalue weighted by Crippen LogP contribution is 2.15. The summed E-state index contributed by atoms with van der Waals surface area (Å²) in [5, 5.41) is 4.20. The van der Waals surface area contributed by atoms with Crippen LogP contribution in [0.4, 0.5) is 11.6 Å². The number of anilines is 2. The van der Waals surface area contributed by atoms with Crippen LogP contribution in [-0.4, -0.2) is 22.1 Å². The molecule has 4 N–H and O–H groups in total. The summed E-state index contributed by atoms with van der Waals surface area (Å²) in [7, 11) is 1.59. The number of nitrogens with two attached hydrogens (primary N) is 1. The maximum atomic E-state index is 5.38. The third-order valence-electron chi connectivity index (χ3n) is 2.28. The molecule has 102 valence electrons. The van der Waals surface area contributed by atoms with Crippen molar-refractivity contribution in [2.24, 2.45) is 5.84 Å². The number of aryl methyl sites for hydroxylation is 1. The number of hydrazine groups is 1. The second kappa shape index (κ2) is 6.41. The molecule has 7 nitrogen and oxygen atoms in total. The molecule has 2 heterocycles. The Hall–Kier alpha value is -1.77. The van der Waals surface area contributed by atoms with Crippen LogP contribution in [0.25, 0.3) is 0 Å². The van der Waals surface area contributed by atoms with Gasteiger partial charge in [-0.15, -0.1) is 11.3 Å². The van der Waals surface area contributed by atoms with Crippen LogP contribution in [0.15, 0.2) is 12.3 Å². The van der Waals surface area contributed by atoms with Gasteiger partial charge < -0.3 is 15.5 Å². The Labute approximate surface area is 115 Å². The number of hydrogen-bond acceptors (Lipinski definition) is 8. The third-order valence-corrected chi connectivity index (χ3v) is 3.20. The van der Waals surface area contributed by atoms with Gasteiger partial charge in [-0.25, -0.2) is 20.8 Å². The van der Waals surface area contributed by atoms with Gasteiger partial charge in [-0.1, -0.05) is 0 Å². The first-order valence-electron chi connectivity index (χ1n) is 5.70. The van der Waals surface area contributed by atoms with Gasteiger partial charge in [0.1, 0.15) is 23.3 Å². The van der Waals surface area contributed by atoms with Crippen molar-refractivity contribution in [3.8, 4) is 0 Å². The van der Waals surface area contributed by atoms with Crippen molar-refractivity contribution >= 4 is 23.0 Å². The second-order valence-corrected chi connectivity index (χ2v) is 5.17. The Morgan fingerprint density at radius 1 is 1.37 bits per heavy atom. The second-order valence-electron chi connectivity index (χ2n) is 3.85. The summed E-state index contributed by atoms with van der Waals surface area (Å²) in [6, 6.07) is 1.74. The average molecular weight is 280 g/mol. The Morgan fingerprint density at radius 3 is 2.79 bits per heavy atom. The minimum absolute atomic E-state index is 0.334. The molecule has 0 saturated heterocycles. The number of aromatic nitrogens is 3. The molecule has 2 rings (SSSR count). The van der Waals surface area contributed by atoms with Crippen molar-refractivity contribution in [2.75, 3.05) is 17.9 Å². The van der Waals surface area contributed by atoms with Gasteiger partial charge in [-0.2, -0.15) is 0 Å². The molecule has 2 aromatic heterocycles. The van der Waals surface area contributed by atoms with Gasteiger partial charge in [-0.05, 0) is 6.92 Å². The van der Waals surface area contributed by atoms with E-state index >= 15 is 0 Å². The maximum absolute atomic E-state index is 5.38. The number of rotatable bonds is 6. The SMILES string of the molecule is COCc1nc(NN)cc(NCc2ncc(C)s2)n1. The molecule has 0 amide bonds. The van der Waals surface area contributed by atoms with Crippen LogP contribution in [0.2, 0.25) is 0 Å². The van der Waals surface area contributed by atoms with Gasteiger partial charge in [0.15, 0.2) is 5.82 Å². The molecule has 0 saturated carbocycles. The molecule has 0 aliphatic heterocycles. The van der Waals surface area contributed by atoms with E-state index in [1.54, 1.807) is 24.5 Å². The number of nitrogen functional groups attached to an aromatic ring is 1. The standard InChI is InChI=1S/C11H16N6OS/c1-7-4-14-11(19-7)5-13-8-3-9(17-12)16-10(15-8)6-18-2/h3-4H,5-6,12H2,1-2H3,(H2,13,15,16,17). The Kier molecular flexibility index (Phi) is 4.61. The van der Waals surface area contributed by atoms with E-state index in [2.05, 4.69) is 25.7 Å². The van der Waals surface area contributed by atoms with E-state index in [0.717, 1.165) is 5.01 Å². The fourth-order valence-corrected chi connectivity index (χ4v) is 2.23. The van der Waals surface area contributed by atoms with Gasteiger partial charge in [0.2, 0.25) is 0 Å². The van der Waals surface area contributed by atoms with Crippen LogP contribution < -0.4 is 16.6 Å². The highest BCUT2D eigenvalue weighted by Gasteiger charge is 2.05. The first kappa shape index (κ1) is 13.7. The Bertz CT molecular complexity index is 544. The van der Waals surface area contributed by atoms with Crippen molar-refractivity contribution in [3.05, 3.63) is 28.0 Å². The lowest BCUT2D eigenvalue weighted by Gasteiger charge is -2.08. The van der Waals surface area contributed by atoms with E-state index < -0.39 is 0 Å². The van der Waals surface area contributed by atoms with E-state index in [-0.39, 0.29) is 0 Å². The third kappa shape index (κ3) is 3.85. The fraction of sp³-hybridized carbons (Fsp3) is 0.364. The number of nitrogens with zero attached hydrogens (tertiary/aromatic N) is 3. The van der Waals surface area contributed by atoms with E-state index in [1.807, 2.05) is 13.1 Å². The van der Waals surface area contributed by atoms with Crippen LogP contribution in [0.1, 0.15) is 15.7 Å². The fourth-order valence-electron chi connectivity index (χ4n) is 1.50. The molecule has 0 fully saturated rings. The average Bonchev–Trinajstić information content (AvgIpc) is 2.82. The summed E-state index contributed by atoms with van der Waals surface area (Å²) in [6.07, 6.45) is 1.85. The van der Waals surface area contributed by atoms with Gasteiger partial charge in [0, 0.05) is 24.3 Å². The zero-order chi connectivity index (χ0) is 13.7. The molecular formula is C11H16N6OS. The summed E-state index contributed by atoms with van der Waals surface area (Å²) in [4.78, 5) is 14.0. The molecule has 0 aromatic carbocycles. The smallest absolute Gasteiger partial charge is 0.158 e. The number of ether oxygens (including phenoxy) is 1. The van der Waals surface area contributed by atoms with Crippen molar-refractivity contribution in [1.29, 1.82) is 0 Å². The predicted octanol–water partition coefficient (Wildman–Crippen LogP) is 1.29. The zero-order valence-corrected chi connectivity index (χ0v) is 11.6. The molecule has 0 atom stereocenters. The van der Waals surface area contributed by atoms with Crippen molar-refractivity contribution < 1.29 is 4.74 Å². The largest absolute Gasteiger partial charge is 0.377 e. The maximum Gasteiger partial charge on any atom is 0.158 e. The predicted molar refractivity (Wildman–Crippen MR) is 74.7 cm³/mol. The first-order valence-corrected chi connectivity index (χ1v) is 6.51. The molecule has 0 unspecified atom stereocenters. The number of thiazole rings is 1. The van der Waals surface area contributed by atoms with Crippen LogP contribution >= 0.6 is 11.3 Å². The van der Waals surface area contributed by atoms with Crippen molar-refractivity contribution in [3.63, 3.8) is 0 Å². The summed E-state index contributed by atoms with van der Waals surface area (Å²) in [6.45, 7) is 2.98. The van der Waals surface area contributed by atoms with E-state index in [0.29, 0.717) is 30.6 Å². The number of hydrogen-bond donors (Lipinski definition) is 3. The molecule has 0 aliphatic carbocycles. The molecule has 0 bridgehead atoms. The van der Waals surface area contributed by atoms with Crippen molar-refractivity contribution in [1.82, 2.24) is 15.0 Å². The normalized spacial score (nSPS) is 10.5. The number of methoxy groups -OCH3 is 1. The quantitative estimate of drug-likeness (QED) is 0.541. The Balaban J connectivity index is 2.08. The van der Waals surface area contributed by atoms with Crippen LogP contribution in [-0.2, 0) is 17.9 Å². The molecule has 0 spiro atoms. The lowest BCUT2D eigenvalue weighted by Crippen LogP contribution is -2.12. The van der Waals surface area contributed by atoms with Gasteiger partial charge in [0.05, 0.1) is 6.54 Å². The van der Waals surface area contributed by atoms with Gasteiger partial charge in [0.25, 0.3) is 0 Å². The molecule has 0 aliphatic rings. The van der Waals surface area contributed by atoms with Crippen LogP contribution in [0.5, 0.6) is 0 Å². The van der Waals surface area contributed by atoms with E-state index in [1.165, 1.54) is 4.88 Å². The first-order chi connectivity index (χ1) is 9.21. The summed E-state index contributed by atoms with van der Waals surface area (Å²) < 4.78 is 5.02. The minimum Gasteiger partial charge on any atom is -0.377 e. The van der Waals surface area contributed by atoms with Crippen LogP contribution in [0, 0.1) is 6.92 Å². The summed E-state index contributed by atoms with van der Waals surface area (Å²) >= 11 is 1.65. The topological polar surface area (TPSA) is 98.0 Å². The van der Waals surface area contributed by atoms with E-state index in [4.69, 9.17) is 10.6 Å². The minimum atomic E-state index is 0.334. The van der Waals surface area contributed by atoms with Crippen molar-refractivity contribution in [2.45, 2.75) is 20.1 Å². The van der Waals surface area contributed by atoms with Gasteiger partial charge >= 0.3 is 0 Å². The molecule has 8 heteroatoms. The lowest BCUT2D eigenvalue weighted by atomic mass is 10.4. The molecular weight excluding hydrogens is 264 g/mol. The highest BCUT2D eigenvalue weighted by atomic mass is 32.1. The van der Waals surface area contributed by atoms with Crippen LogP contribution in [0.3, 0.4) is 0 Å². The highest BCUT2D eigenvalue weighted by molar-refractivity contribution is 7.11. The molecule has 2 aromatic rings. The van der Waals surface area contributed by atoms with Gasteiger partial charge in [-0.3, -0.25) is 0 Å². The van der Waals surface area contributed by atoms with E-state index in [9.17, 15) is 0 Å². The zero-order valence-electron chi connectivity index (χ0n) is 10.8. The lowest BCUT2D eigenvalue weighted by molar-refractivity contribution is 0.178. The summed E-state index contributed by atoms with van der Waals surface area (Å²) in [5.41, 5.74) is 2.51. The number of nitrogens with one attached hydrogen (secondary N) is 2. The Morgan fingerprint density at radius 2 is 2.16 bits per heavy atom.